The van der Waals surface area contributed by atoms with Crippen molar-refractivity contribution in [3.8, 4) is 0 Å². The van der Waals surface area contributed by atoms with Crippen molar-refractivity contribution in [2.45, 2.75) is 45.1 Å². The Balaban J connectivity index is 2.02. The third kappa shape index (κ3) is 1.35. The van der Waals surface area contributed by atoms with E-state index in [0.29, 0.717) is 5.41 Å². The summed E-state index contributed by atoms with van der Waals surface area (Å²) in [6, 6.07) is 2.17. The summed E-state index contributed by atoms with van der Waals surface area (Å²) in [5, 5.41) is 3.73. The number of hydrogen-bond acceptors (Lipinski definition) is 2. The van der Waals surface area contributed by atoms with Crippen LogP contribution in [0, 0.1) is 5.41 Å². The normalized spacial score (nSPS) is 33.2. The van der Waals surface area contributed by atoms with E-state index in [1.807, 2.05) is 6.26 Å². The topological polar surface area (TPSA) is 25.2 Å². The van der Waals surface area contributed by atoms with Gasteiger partial charge in [-0.3, -0.25) is 0 Å². The molecule has 0 radical (unpaired) electrons. The van der Waals surface area contributed by atoms with Crippen molar-refractivity contribution in [2.75, 3.05) is 6.54 Å². The van der Waals surface area contributed by atoms with E-state index in [2.05, 4.69) is 25.2 Å². The zero-order valence-electron chi connectivity index (χ0n) is 9.60. The molecule has 1 saturated carbocycles. The van der Waals surface area contributed by atoms with Crippen LogP contribution in [0.4, 0.5) is 0 Å². The molecule has 3 rings (SSSR count). The SMILES string of the molecule is CC1(C)CCC2(C1)NCCc1occc12. The molecule has 1 aliphatic carbocycles. The molecule has 0 saturated heterocycles. The molecule has 1 aliphatic heterocycles. The molecule has 0 amide bonds. The summed E-state index contributed by atoms with van der Waals surface area (Å²) in [6.45, 7) is 5.81. The molecule has 1 fully saturated rings. The zero-order valence-corrected chi connectivity index (χ0v) is 9.60. The minimum Gasteiger partial charge on any atom is -0.469 e. The number of fused-ring (bicyclic) bond motifs is 2. The first-order valence-corrected chi connectivity index (χ1v) is 5.93. The van der Waals surface area contributed by atoms with Gasteiger partial charge in [-0.1, -0.05) is 13.8 Å². The van der Waals surface area contributed by atoms with Crippen LogP contribution in [0.25, 0.3) is 0 Å². The highest BCUT2D eigenvalue weighted by atomic mass is 16.3. The van der Waals surface area contributed by atoms with Gasteiger partial charge in [0.25, 0.3) is 0 Å². The van der Waals surface area contributed by atoms with Crippen molar-refractivity contribution < 1.29 is 4.42 Å². The minimum absolute atomic E-state index is 0.226. The van der Waals surface area contributed by atoms with Crippen molar-refractivity contribution in [3.05, 3.63) is 23.7 Å². The summed E-state index contributed by atoms with van der Waals surface area (Å²) in [5.74, 6) is 1.21. The first-order chi connectivity index (χ1) is 7.11. The first-order valence-electron chi connectivity index (χ1n) is 5.93. The van der Waals surface area contributed by atoms with Crippen LogP contribution >= 0.6 is 0 Å². The maximum atomic E-state index is 5.57. The second kappa shape index (κ2) is 2.88. The summed E-state index contributed by atoms with van der Waals surface area (Å²) in [7, 11) is 0. The lowest BCUT2D eigenvalue weighted by atomic mass is 9.81. The molecular weight excluding hydrogens is 186 g/mol. The van der Waals surface area contributed by atoms with Crippen LogP contribution < -0.4 is 5.32 Å². The summed E-state index contributed by atoms with van der Waals surface area (Å²) in [6.07, 6.45) is 6.71. The lowest BCUT2D eigenvalue weighted by Gasteiger charge is -2.35. The fraction of sp³-hybridized carbons (Fsp3) is 0.692. The van der Waals surface area contributed by atoms with E-state index in [9.17, 15) is 0 Å². The maximum Gasteiger partial charge on any atom is 0.110 e. The van der Waals surface area contributed by atoms with E-state index in [-0.39, 0.29) is 5.54 Å². The van der Waals surface area contributed by atoms with Crippen molar-refractivity contribution in [3.63, 3.8) is 0 Å². The lowest BCUT2D eigenvalue weighted by molar-refractivity contribution is 0.268. The summed E-state index contributed by atoms with van der Waals surface area (Å²) in [5.41, 5.74) is 2.13. The third-order valence-electron chi connectivity index (χ3n) is 4.09. The van der Waals surface area contributed by atoms with Crippen LogP contribution in [0.3, 0.4) is 0 Å². The van der Waals surface area contributed by atoms with Gasteiger partial charge in [0.1, 0.15) is 5.76 Å². The van der Waals surface area contributed by atoms with E-state index in [4.69, 9.17) is 4.42 Å². The quantitative estimate of drug-likeness (QED) is 0.704. The highest BCUT2D eigenvalue weighted by Crippen LogP contribution is 2.50. The van der Waals surface area contributed by atoms with Gasteiger partial charge in [0.2, 0.25) is 0 Å². The molecule has 1 aromatic rings. The van der Waals surface area contributed by atoms with Gasteiger partial charge in [-0.25, -0.2) is 0 Å². The molecule has 15 heavy (non-hydrogen) atoms. The Bertz CT molecular complexity index is 380. The largest absolute Gasteiger partial charge is 0.469 e. The monoisotopic (exact) mass is 205 g/mol. The van der Waals surface area contributed by atoms with Crippen molar-refractivity contribution in [1.82, 2.24) is 5.32 Å². The van der Waals surface area contributed by atoms with Gasteiger partial charge in [0, 0.05) is 24.1 Å². The Labute approximate surface area is 91.0 Å². The van der Waals surface area contributed by atoms with Gasteiger partial charge in [0.05, 0.1) is 6.26 Å². The predicted molar refractivity (Wildman–Crippen MR) is 59.7 cm³/mol. The smallest absolute Gasteiger partial charge is 0.110 e. The van der Waals surface area contributed by atoms with Gasteiger partial charge < -0.3 is 9.73 Å². The molecular formula is C13H19NO. The molecule has 1 aromatic heterocycles. The Morgan fingerprint density at radius 1 is 1.33 bits per heavy atom. The van der Waals surface area contributed by atoms with Crippen LogP contribution in [0.5, 0.6) is 0 Å². The molecule has 1 N–H and O–H groups in total. The van der Waals surface area contributed by atoms with Crippen LogP contribution in [0.2, 0.25) is 0 Å². The van der Waals surface area contributed by atoms with Crippen LogP contribution in [0.1, 0.15) is 44.4 Å². The highest BCUT2D eigenvalue weighted by molar-refractivity contribution is 5.31. The van der Waals surface area contributed by atoms with E-state index < -0.39 is 0 Å². The molecule has 1 unspecified atom stereocenters. The highest BCUT2D eigenvalue weighted by Gasteiger charge is 2.47. The van der Waals surface area contributed by atoms with E-state index in [1.165, 1.54) is 30.6 Å². The number of nitrogens with one attached hydrogen (secondary N) is 1. The average molecular weight is 205 g/mol. The van der Waals surface area contributed by atoms with E-state index in [0.717, 1.165) is 13.0 Å². The summed E-state index contributed by atoms with van der Waals surface area (Å²) < 4.78 is 5.57. The number of rotatable bonds is 0. The van der Waals surface area contributed by atoms with Gasteiger partial charge in [-0.2, -0.15) is 0 Å². The molecule has 0 aromatic carbocycles. The van der Waals surface area contributed by atoms with Crippen molar-refractivity contribution >= 4 is 0 Å². The zero-order chi connectivity index (χ0) is 10.5. The van der Waals surface area contributed by atoms with Crippen LogP contribution in [0.15, 0.2) is 16.7 Å². The average Bonchev–Trinajstić information content (AvgIpc) is 2.73. The van der Waals surface area contributed by atoms with Crippen molar-refractivity contribution in [1.29, 1.82) is 0 Å². The van der Waals surface area contributed by atoms with Crippen LogP contribution in [-0.4, -0.2) is 6.54 Å². The Hall–Kier alpha value is -0.760. The lowest BCUT2D eigenvalue weighted by Crippen LogP contribution is -2.45. The first kappa shape index (κ1) is 9.46. The molecule has 1 atom stereocenters. The van der Waals surface area contributed by atoms with Gasteiger partial charge >= 0.3 is 0 Å². The summed E-state index contributed by atoms with van der Waals surface area (Å²) >= 11 is 0. The van der Waals surface area contributed by atoms with E-state index >= 15 is 0 Å². The fourth-order valence-corrected chi connectivity index (χ4v) is 3.40. The molecule has 1 spiro atoms. The molecule has 2 heterocycles. The summed E-state index contributed by atoms with van der Waals surface area (Å²) in [4.78, 5) is 0. The molecule has 82 valence electrons. The minimum atomic E-state index is 0.226. The van der Waals surface area contributed by atoms with Gasteiger partial charge in [-0.05, 0) is 30.7 Å². The predicted octanol–water partition coefficient (Wildman–Crippen LogP) is 2.83. The van der Waals surface area contributed by atoms with Crippen LogP contribution in [-0.2, 0) is 12.0 Å². The molecule has 2 aliphatic rings. The Kier molecular flexibility index (Phi) is 1.82. The van der Waals surface area contributed by atoms with Gasteiger partial charge in [0.15, 0.2) is 0 Å². The standard InChI is InChI=1S/C13H19NO/c1-12(2)5-6-13(9-12)10-4-8-15-11(10)3-7-14-13/h4,8,14H,3,5-7,9H2,1-2H3. The number of hydrogen-bond donors (Lipinski definition) is 1. The second-order valence-corrected chi connectivity index (χ2v) is 5.86. The van der Waals surface area contributed by atoms with E-state index in [1.54, 1.807) is 0 Å². The van der Waals surface area contributed by atoms with Crippen molar-refractivity contribution in [2.24, 2.45) is 5.41 Å². The molecule has 2 heteroatoms. The van der Waals surface area contributed by atoms with Gasteiger partial charge in [-0.15, -0.1) is 0 Å². The Morgan fingerprint density at radius 2 is 2.20 bits per heavy atom. The fourth-order valence-electron chi connectivity index (χ4n) is 3.40. The maximum absolute atomic E-state index is 5.57. The molecule has 2 nitrogen and oxygen atoms in total. The molecule has 0 bridgehead atoms. The third-order valence-corrected chi connectivity index (χ3v) is 4.09. The second-order valence-electron chi connectivity index (χ2n) is 5.86. The number of furan rings is 1. The Morgan fingerprint density at radius 3 is 2.93 bits per heavy atom.